The molecule has 0 aromatic heterocycles. The number of amides is 2. The third kappa shape index (κ3) is 4.23. The molecule has 1 heterocycles. The summed E-state index contributed by atoms with van der Waals surface area (Å²) in [7, 11) is 1.32. The number of benzene rings is 1. The molecule has 1 saturated heterocycles. The van der Waals surface area contributed by atoms with Crippen LogP contribution in [0.4, 0.5) is 5.69 Å². The molecule has 6 heteroatoms. The lowest BCUT2D eigenvalue weighted by atomic mass is 9.87. The van der Waals surface area contributed by atoms with Crippen LogP contribution in [-0.4, -0.2) is 42.4 Å². The summed E-state index contributed by atoms with van der Waals surface area (Å²) in [5.41, 5.74) is -0.222. The third-order valence-corrected chi connectivity index (χ3v) is 5.03. The van der Waals surface area contributed by atoms with E-state index in [1.165, 1.54) is 7.11 Å². The molecule has 2 amide bonds. The van der Waals surface area contributed by atoms with Crippen LogP contribution in [0.2, 0.25) is 0 Å². The van der Waals surface area contributed by atoms with Gasteiger partial charge >= 0.3 is 5.97 Å². The molecule has 0 bridgehead atoms. The van der Waals surface area contributed by atoms with Crippen molar-refractivity contribution in [3.63, 3.8) is 0 Å². The number of nitrogens with one attached hydrogen (secondary N) is 1. The molecular formula is C20H28N2O4. The molecule has 1 N–H and O–H groups in total. The molecule has 1 aliphatic rings. The second-order valence-electron chi connectivity index (χ2n) is 7.20. The maximum Gasteiger partial charge on any atom is 0.337 e. The maximum atomic E-state index is 13.0. The second-order valence-corrected chi connectivity index (χ2v) is 7.20. The van der Waals surface area contributed by atoms with Crippen LogP contribution >= 0.6 is 0 Å². The molecule has 0 saturated carbocycles. The molecular weight excluding hydrogens is 332 g/mol. The standard InChI is InChI=1S/C20H28N2O4/c1-5-16-8-6-7-13-22(16)19(25)20(2,3)18(24)21-15-11-9-14(10-12-15)17(23)26-4/h9-12,16H,5-8,13H2,1-4H3,(H,21,24). The van der Waals surface area contributed by atoms with Crippen molar-refractivity contribution in [3.8, 4) is 0 Å². The number of carbonyl (C=O) groups is 3. The number of likely N-dealkylation sites (tertiary alicyclic amines) is 1. The van der Waals surface area contributed by atoms with E-state index in [0.29, 0.717) is 17.8 Å². The van der Waals surface area contributed by atoms with Crippen LogP contribution in [0.25, 0.3) is 0 Å². The third-order valence-electron chi connectivity index (χ3n) is 5.03. The highest BCUT2D eigenvalue weighted by Gasteiger charge is 2.41. The van der Waals surface area contributed by atoms with Gasteiger partial charge in [-0.3, -0.25) is 9.59 Å². The number of ether oxygens (including phenoxy) is 1. The molecule has 1 atom stereocenters. The van der Waals surface area contributed by atoms with Crippen LogP contribution in [-0.2, 0) is 14.3 Å². The van der Waals surface area contributed by atoms with Gasteiger partial charge in [0.1, 0.15) is 5.41 Å². The highest BCUT2D eigenvalue weighted by atomic mass is 16.5. The summed E-state index contributed by atoms with van der Waals surface area (Å²) in [5.74, 6) is -0.921. The van der Waals surface area contributed by atoms with Gasteiger partial charge in [-0.25, -0.2) is 4.79 Å². The summed E-state index contributed by atoms with van der Waals surface area (Å²) in [6.07, 6.45) is 4.00. The van der Waals surface area contributed by atoms with Crippen molar-refractivity contribution in [2.45, 2.75) is 52.5 Å². The number of carbonyl (C=O) groups excluding carboxylic acids is 3. The zero-order chi connectivity index (χ0) is 19.3. The predicted octanol–water partition coefficient (Wildman–Crippen LogP) is 3.23. The number of esters is 1. The minimum absolute atomic E-state index is 0.132. The molecule has 1 aromatic carbocycles. The Morgan fingerprint density at radius 1 is 1.19 bits per heavy atom. The summed E-state index contributed by atoms with van der Waals surface area (Å²) in [6.45, 7) is 6.11. The van der Waals surface area contributed by atoms with E-state index in [4.69, 9.17) is 0 Å². The molecule has 0 radical (unpaired) electrons. The first-order chi connectivity index (χ1) is 12.3. The quantitative estimate of drug-likeness (QED) is 0.646. The average molecular weight is 360 g/mol. The van der Waals surface area contributed by atoms with E-state index in [9.17, 15) is 14.4 Å². The Labute approximate surface area is 154 Å². The fraction of sp³-hybridized carbons (Fsp3) is 0.550. The molecule has 1 fully saturated rings. The van der Waals surface area contributed by atoms with Crippen LogP contribution in [0, 0.1) is 5.41 Å². The molecule has 1 aliphatic heterocycles. The van der Waals surface area contributed by atoms with Gasteiger partial charge in [-0.05, 0) is 63.8 Å². The molecule has 0 aliphatic carbocycles. The Bertz CT molecular complexity index is 667. The van der Waals surface area contributed by atoms with E-state index in [1.54, 1.807) is 38.1 Å². The Kier molecular flexibility index (Phi) is 6.40. The number of piperidine rings is 1. The highest BCUT2D eigenvalue weighted by molar-refractivity contribution is 6.10. The summed E-state index contributed by atoms with van der Waals surface area (Å²) < 4.78 is 4.65. The molecule has 142 valence electrons. The summed E-state index contributed by atoms with van der Waals surface area (Å²) in [5, 5.41) is 2.78. The Morgan fingerprint density at radius 3 is 2.42 bits per heavy atom. The fourth-order valence-corrected chi connectivity index (χ4v) is 3.24. The van der Waals surface area contributed by atoms with Crippen LogP contribution in [0.15, 0.2) is 24.3 Å². The maximum absolute atomic E-state index is 13.0. The van der Waals surface area contributed by atoms with Crippen molar-refractivity contribution in [2.24, 2.45) is 5.41 Å². The predicted molar refractivity (Wildman–Crippen MR) is 99.8 cm³/mol. The number of methoxy groups -OCH3 is 1. The van der Waals surface area contributed by atoms with Crippen LogP contribution < -0.4 is 5.32 Å². The van der Waals surface area contributed by atoms with E-state index in [0.717, 1.165) is 25.7 Å². The first-order valence-corrected chi connectivity index (χ1v) is 9.12. The van der Waals surface area contributed by atoms with Gasteiger partial charge in [0.2, 0.25) is 11.8 Å². The van der Waals surface area contributed by atoms with Crippen molar-refractivity contribution in [1.82, 2.24) is 4.90 Å². The molecule has 0 spiro atoms. The SMILES string of the molecule is CCC1CCCCN1C(=O)C(C)(C)C(=O)Nc1ccc(C(=O)OC)cc1. The average Bonchev–Trinajstić information content (AvgIpc) is 2.67. The highest BCUT2D eigenvalue weighted by Crippen LogP contribution is 2.28. The first kappa shape index (κ1) is 19.9. The Morgan fingerprint density at radius 2 is 1.85 bits per heavy atom. The zero-order valence-electron chi connectivity index (χ0n) is 16.0. The topological polar surface area (TPSA) is 75.7 Å². The minimum atomic E-state index is -1.16. The van der Waals surface area contributed by atoms with Gasteiger partial charge in [0, 0.05) is 18.3 Å². The lowest BCUT2D eigenvalue weighted by Crippen LogP contribution is -2.52. The summed E-state index contributed by atoms with van der Waals surface area (Å²) >= 11 is 0. The van der Waals surface area contributed by atoms with E-state index in [-0.39, 0.29) is 17.9 Å². The van der Waals surface area contributed by atoms with Crippen LogP contribution in [0.3, 0.4) is 0 Å². The van der Waals surface area contributed by atoms with Crippen molar-refractivity contribution in [2.75, 3.05) is 19.0 Å². The molecule has 2 rings (SSSR count). The van der Waals surface area contributed by atoms with Gasteiger partial charge in [-0.2, -0.15) is 0 Å². The zero-order valence-corrected chi connectivity index (χ0v) is 16.0. The molecule has 1 aromatic rings. The van der Waals surface area contributed by atoms with Gasteiger partial charge in [0.05, 0.1) is 12.7 Å². The number of nitrogens with zero attached hydrogens (tertiary/aromatic N) is 1. The second kappa shape index (κ2) is 8.34. The van der Waals surface area contributed by atoms with Crippen LogP contribution in [0.5, 0.6) is 0 Å². The number of anilines is 1. The van der Waals surface area contributed by atoms with Crippen molar-refractivity contribution < 1.29 is 19.1 Å². The van der Waals surface area contributed by atoms with Gasteiger partial charge in [0.25, 0.3) is 0 Å². The largest absolute Gasteiger partial charge is 0.465 e. The van der Waals surface area contributed by atoms with Crippen molar-refractivity contribution >= 4 is 23.5 Å². The smallest absolute Gasteiger partial charge is 0.337 e. The van der Waals surface area contributed by atoms with Gasteiger partial charge in [0.15, 0.2) is 0 Å². The summed E-state index contributed by atoms with van der Waals surface area (Å²) in [6, 6.07) is 6.62. The van der Waals surface area contributed by atoms with Gasteiger partial charge in [-0.1, -0.05) is 6.92 Å². The first-order valence-electron chi connectivity index (χ1n) is 9.12. The van der Waals surface area contributed by atoms with Crippen molar-refractivity contribution in [3.05, 3.63) is 29.8 Å². The van der Waals surface area contributed by atoms with E-state index >= 15 is 0 Å². The lowest BCUT2D eigenvalue weighted by molar-refractivity contribution is -0.149. The molecule has 26 heavy (non-hydrogen) atoms. The number of hydrogen-bond acceptors (Lipinski definition) is 4. The minimum Gasteiger partial charge on any atom is -0.465 e. The normalized spacial score (nSPS) is 17.5. The van der Waals surface area contributed by atoms with E-state index < -0.39 is 11.4 Å². The fourth-order valence-electron chi connectivity index (χ4n) is 3.24. The molecule has 1 unspecified atom stereocenters. The van der Waals surface area contributed by atoms with E-state index in [2.05, 4.69) is 17.0 Å². The number of rotatable bonds is 5. The van der Waals surface area contributed by atoms with E-state index in [1.807, 2.05) is 4.90 Å². The Hall–Kier alpha value is -2.37. The lowest BCUT2D eigenvalue weighted by Gasteiger charge is -2.39. The van der Waals surface area contributed by atoms with Crippen LogP contribution in [0.1, 0.15) is 56.8 Å². The van der Waals surface area contributed by atoms with Gasteiger partial charge in [-0.15, -0.1) is 0 Å². The number of hydrogen-bond donors (Lipinski definition) is 1. The van der Waals surface area contributed by atoms with Crippen molar-refractivity contribution in [1.29, 1.82) is 0 Å². The Balaban J connectivity index is 2.09. The van der Waals surface area contributed by atoms with Gasteiger partial charge < -0.3 is 15.0 Å². The molecule has 6 nitrogen and oxygen atoms in total. The monoisotopic (exact) mass is 360 g/mol. The summed E-state index contributed by atoms with van der Waals surface area (Å²) in [4.78, 5) is 39.1.